The number of carbonyl (C=O) groups is 1. The van der Waals surface area contributed by atoms with Crippen LogP contribution in [0.1, 0.15) is 19.4 Å². The highest BCUT2D eigenvalue weighted by Gasteiger charge is 1.99. The third-order valence-electron chi connectivity index (χ3n) is 2.11. The standard InChI is InChI=1S/C13H16O2S/c1-10(7-8-16)9-12-3-5-13(6-4-12)15-11(2)14/h3-7,16H,8-9H2,1-2H3. The molecule has 86 valence electrons. The van der Waals surface area contributed by atoms with Crippen LogP contribution < -0.4 is 4.74 Å². The SMILES string of the molecule is CC(=O)Oc1ccc(CC(C)=CCS)cc1. The van der Waals surface area contributed by atoms with E-state index in [2.05, 4.69) is 25.6 Å². The molecule has 0 aliphatic rings. The van der Waals surface area contributed by atoms with Crippen molar-refractivity contribution in [2.24, 2.45) is 0 Å². The molecule has 0 bridgehead atoms. The van der Waals surface area contributed by atoms with Gasteiger partial charge in [-0.15, -0.1) is 0 Å². The van der Waals surface area contributed by atoms with Gasteiger partial charge >= 0.3 is 5.97 Å². The maximum absolute atomic E-state index is 10.7. The number of benzene rings is 1. The molecule has 0 saturated heterocycles. The van der Waals surface area contributed by atoms with Crippen molar-refractivity contribution in [3.8, 4) is 5.75 Å². The van der Waals surface area contributed by atoms with E-state index < -0.39 is 0 Å². The van der Waals surface area contributed by atoms with Crippen molar-refractivity contribution in [2.45, 2.75) is 20.3 Å². The third-order valence-corrected chi connectivity index (χ3v) is 2.29. The van der Waals surface area contributed by atoms with Gasteiger partial charge in [0.05, 0.1) is 0 Å². The molecule has 0 N–H and O–H groups in total. The summed E-state index contributed by atoms with van der Waals surface area (Å²) in [7, 11) is 0. The first-order valence-corrected chi connectivity index (χ1v) is 5.79. The van der Waals surface area contributed by atoms with Gasteiger partial charge in [0, 0.05) is 12.7 Å². The fraction of sp³-hybridized carbons (Fsp3) is 0.308. The Morgan fingerprint density at radius 1 is 1.31 bits per heavy atom. The lowest BCUT2D eigenvalue weighted by Gasteiger charge is -2.04. The summed E-state index contributed by atoms with van der Waals surface area (Å²) in [5, 5.41) is 0. The van der Waals surface area contributed by atoms with E-state index in [9.17, 15) is 4.79 Å². The topological polar surface area (TPSA) is 26.3 Å². The van der Waals surface area contributed by atoms with E-state index in [1.165, 1.54) is 18.1 Å². The van der Waals surface area contributed by atoms with Crippen LogP contribution in [0, 0.1) is 0 Å². The minimum Gasteiger partial charge on any atom is -0.427 e. The average Bonchev–Trinajstić information content (AvgIpc) is 2.20. The van der Waals surface area contributed by atoms with Crippen molar-refractivity contribution < 1.29 is 9.53 Å². The Morgan fingerprint density at radius 3 is 2.44 bits per heavy atom. The lowest BCUT2D eigenvalue weighted by Crippen LogP contribution is -2.01. The second-order valence-electron chi connectivity index (χ2n) is 3.65. The fourth-order valence-corrected chi connectivity index (χ4v) is 1.70. The summed E-state index contributed by atoms with van der Waals surface area (Å²) in [6, 6.07) is 7.55. The molecule has 0 atom stereocenters. The maximum atomic E-state index is 10.7. The smallest absolute Gasteiger partial charge is 0.308 e. The van der Waals surface area contributed by atoms with Gasteiger partial charge in [-0.2, -0.15) is 12.6 Å². The van der Waals surface area contributed by atoms with E-state index in [1.54, 1.807) is 0 Å². The van der Waals surface area contributed by atoms with Crippen LogP contribution in [-0.4, -0.2) is 11.7 Å². The first kappa shape index (κ1) is 12.8. The Kier molecular flexibility index (Phi) is 5.12. The summed E-state index contributed by atoms with van der Waals surface area (Å²) >= 11 is 4.15. The molecule has 0 fully saturated rings. The van der Waals surface area contributed by atoms with Crippen LogP contribution in [0.2, 0.25) is 0 Å². The van der Waals surface area contributed by atoms with Crippen LogP contribution in [0.15, 0.2) is 35.9 Å². The Hall–Kier alpha value is -1.22. The highest BCUT2D eigenvalue weighted by Crippen LogP contribution is 2.15. The lowest BCUT2D eigenvalue weighted by atomic mass is 10.1. The number of thiol groups is 1. The van der Waals surface area contributed by atoms with E-state index in [4.69, 9.17) is 4.74 Å². The van der Waals surface area contributed by atoms with Gasteiger partial charge in [-0.3, -0.25) is 4.79 Å². The molecule has 0 amide bonds. The molecule has 16 heavy (non-hydrogen) atoms. The van der Waals surface area contributed by atoms with Gasteiger partial charge < -0.3 is 4.74 Å². The van der Waals surface area contributed by atoms with Crippen molar-refractivity contribution >= 4 is 18.6 Å². The molecular formula is C13H16O2S. The molecule has 2 nitrogen and oxygen atoms in total. The van der Waals surface area contributed by atoms with E-state index in [-0.39, 0.29) is 5.97 Å². The molecule has 0 saturated carbocycles. The van der Waals surface area contributed by atoms with E-state index in [0.717, 1.165) is 12.2 Å². The summed E-state index contributed by atoms with van der Waals surface area (Å²) in [5.74, 6) is 1.06. The van der Waals surface area contributed by atoms with Gasteiger partial charge in [-0.1, -0.05) is 23.8 Å². The highest BCUT2D eigenvalue weighted by atomic mass is 32.1. The number of rotatable bonds is 4. The summed E-state index contributed by atoms with van der Waals surface area (Å²) in [6.45, 7) is 3.48. The molecular weight excluding hydrogens is 220 g/mol. The normalized spacial score (nSPS) is 11.3. The molecule has 0 heterocycles. The zero-order valence-electron chi connectivity index (χ0n) is 9.56. The van der Waals surface area contributed by atoms with E-state index in [1.807, 2.05) is 24.3 Å². The zero-order valence-corrected chi connectivity index (χ0v) is 10.5. The van der Waals surface area contributed by atoms with E-state index >= 15 is 0 Å². The van der Waals surface area contributed by atoms with Crippen LogP contribution in [0.5, 0.6) is 5.75 Å². The molecule has 0 aliphatic heterocycles. The summed E-state index contributed by atoms with van der Waals surface area (Å²) in [5.41, 5.74) is 2.49. The summed E-state index contributed by atoms with van der Waals surface area (Å²) in [4.78, 5) is 10.7. The molecule has 0 radical (unpaired) electrons. The Morgan fingerprint density at radius 2 is 1.94 bits per heavy atom. The average molecular weight is 236 g/mol. The van der Waals surface area contributed by atoms with Gasteiger partial charge in [-0.25, -0.2) is 0 Å². The molecule has 1 aromatic rings. The number of hydrogen-bond acceptors (Lipinski definition) is 3. The van der Waals surface area contributed by atoms with Gasteiger partial charge in [0.1, 0.15) is 5.75 Å². The van der Waals surface area contributed by atoms with Gasteiger partial charge in [0.25, 0.3) is 0 Å². The largest absolute Gasteiger partial charge is 0.427 e. The Bertz CT molecular complexity index is 379. The number of allylic oxidation sites excluding steroid dienone is 1. The molecule has 0 unspecified atom stereocenters. The van der Waals surface area contributed by atoms with E-state index in [0.29, 0.717) is 5.75 Å². The van der Waals surface area contributed by atoms with Crippen molar-refractivity contribution in [3.05, 3.63) is 41.5 Å². The first-order valence-electron chi connectivity index (χ1n) is 5.15. The monoisotopic (exact) mass is 236 g/mol. The summed E-state index contributed by atoms with van der Waals surface area (Å²) < 4.78 is 4.96. The maximum Gasteiger partial charge on any atom is 0.308 e. The van der Waals surface area contributed by atoms with Crippen LogP contribution in [-0.2, 0) is 11.2 Å². The Labute approximate surface area is 102 Å². The van der Waals surface area contributed by atoms with Crippen molar-refractivity contribution in [2.75, 3.05) is 5.75 Å². The second-order valence-corrected chi connectivity index (χ2v) is 4.01. The van der Waals surface area contributed by atoms with Crippen LogP contribution >= 0.6 is 12.6 Å². The number of carbonyl (C=O) groups excluding carboxylic acids is 1. The minimum absolute atomic E-state index is 0.293. The van der Waals surface area contributed by atoms with Gasteiger partial charge in [0.2, 0.25) is 0 Å². The zero-order chi connectivity index (χ0) is 12.0. The molecule has 1 aromatic carbocycles. The molecule has 3 heteroatoms. The lowest BCUT2D eigenvalue weighted by molar-refractivity contribution is -0.131. The van der Waals surface area contributed by atoms with Crippen LogP contribution in [0.25, 0.3) is 0 Å². The predicted molar refractivity (Wildman–Crippen MR) is 69.1 cm³/mol. The second kappa shape index (κ2) is 6.38. The fourth-order valence-electron chi connectivity index (χ4n) is 1.39. The van der Waals surface area contributed by atoms with Gasteiger partial charge in [-0.05, 0) is 31.0 Å². The number of esters is 1. The quantitative estimate of drug-likeness (QED) is 0.376. The molecule has 0 aromatic heterocycles. The third kappa shape index (κ3) is 4.53. The van der Waals surface area contributed by atoms with Crippen molar-refractivity contribution in [1.82, 2.24) is 0 Å². The van der Waals surface area contributed by atoms with Crippen LogP contribution in [0.4, 0.5) is 0 Å². The number of hydrogen-bond donors (Lipinski definition) is 1. The number of ether oxygens (including phenoxy) is 1. The molecule has 0 aliphatic carbocycles. The highest BCUT2D eigenvalue weighted by molar-refractivity contribution is 7.80. The predicted octanol–water partition coefficient (Wildman–Crippen LogP) is 3.03. The molecule has 0 spiro atoms. The minimum atomic E-state index is -0.293. The summed E-state index contributed by atoms with van der Waals surface area (Å²) in [6.07, 6.45) is 2.99. The van der Waals surface area contributed by atoms with Crippen molar-refractivity contribution in [3.63, 3.8) is 0 Å². The van der Waals surface area contributed by atoms with Crippen molar-refractivity contribution in [1.29, 1.82) is 0 Å². The van der Waals surface area contributed by atoms with Crippen LogP contribution in [0.3, 0.4) is 0 Å². The Balaban J connectivity index is 2.64. The first-order chi connectivity index (χ1) is 7.61. The molecule has 1 rings (SSSR count). The van der Waals surface area contributed by atoms with Gasteiger partial charge in [0.15, 0.2) is 0 Å².